The minimum atomic E-state index is -0.399. The number of ketones is 1. The molecule has 0 saturated carbocycles. The maximum absolute atomic E-state index is 13.6. The van der Waals surface area contributed by atoms with Crippen LogP contribution < -0.4 is 20.3 Å². The van der Waals surface area contributed by atoms with Gasteiger partial charge < -0.3 is 14.8 Å². The number of nitrogens with one attached hydrogen (secondary N) is 3. The number of hydrogen-bond acceptors (Lipinski definition) is 5. The first-order chi connectivity index (χ1) is 15.9. The molecule has 0 amide bonds. The summed E-state index contributed by atoms with van der Waals surface area (Å²) in [6.07, 6.45) is 1.03. The third-order valence-corrected chi connectivity index (χ3v) is 6.92. The van der Waals surface area contributed by atoms with Crippen LogP contribution in [0.3, 0.4) is 0 Å². The summed E-state index contributed by atoms with van der Waals surface area (Å²) in [4.78, 5) is 26.3. The van der Waals surface area contributed by atoms with Crippen LogP contribution in [0.1, 0.15) is 52.5 Å². The Morgan fingerprint density at radius 2 is 1.61 bits per heavy atom. The van der Waals surface area contributed by atoms with Gasteiger partial charge in [0.25, 0.3) is 5.56 Å². The summed E-state index contributed by atoms with van der Waals surface area (Å²) in [5.41, 5.74) is 6.19. The third-order valence-electron chi connectivity index (χ3n) is 6.92. The van der Waals surface area contributed by atoms with E-state index in [0.29, 0.717) is 41.3 Å². The first-order valence-electron chi connectivity index (χ1n) is 11.0. The van der Waals surface area contributed by atoms with Gasteiger partial charge in [0, 0.05) is 23.6 Å². The van der Waals surface area contributed by atoms with Crippen LogP contribution in [0.2, 0.25) is 0 Å². The Morgan fingerprint density at radius 3 is 2.33 bits per heavy atom. The van der Waals surface area contributed by atoms with Gasteiger partial charge in [0.15, 0.2) is 17.3 Å². The average Bonchev–Trinajstić information content (AvgIpc) is 3.19. The molecular weight excluding hydrogens is 418 g/mol. The monoisotopic (exact) mass is 445 g/mol. The molecule has 3 N–H and O–H groups in total. The quantitative estimate of drug-likeness (QED) is 0.557. The standard InChI is InChI=1S/C26H27N3O4/c1-13-5-6-16(9-14(13)2)22-23-18(27-25-24(22)26(31)29-28-25)10-17(11-19(23)30)15-7-8-20(32-3)21(12-15)33-4/h5-9,12,17,22H,10-11H2,1-4H3,(H3,27,28,29,31)/t17-,22-/m0/s1. The van der Waals surface area contributed by atoms with E-state index in [9.17, 15) is 9.59 Å². The summed E-state index contributed by atoms with van der Waals surface area (Å²) >= 11 is 0. The molecule has 33 heavy (non-hydrogen) atoms. The van der Waals surface area contributed by atoms with Crippen LogP contribution in [-0.2, 0) is 4.79 Å². The van der Waals surface area contributed by atoms with Crippen molar-refractivity contribution >= 4 is 11.6 Å². The minimum Gasteiger partial charge on any atom is -0.493 e. The highest BCUT2D eigenvalue weighted by Gasteiger charge is 2.40. The van der Waals surface area contributed by atoms with E-state index in [4.69, 9.17) is 9.47 Å². The van der Waals surface area contributed by atoms with E-state index in [2.05, 4.69) is 28.5 Å². The lowest BCUT2D eigenvalue weighted by molar-refractivity contribution is -0.116. The van der Waals surface area contributed by atoms with Crippen molar-refractivity contribution in [2.24, 2.45) is 0 Å². The molecule has 2 aromatic carbocycles. The van der Waals surface area contributed by atoms with Gasteiger partial charge >= 0.3 is 0 Å². The highest BCUT2D eigenvalue weighted by atomic mass is 16.5. The molecule has 1 aliphatic heterocycles. The summed E-state index contributed by atoms with van der Waals surface area (Å²) in [5.74, 6) is 1.58. The number of aromatic amines is 2. The largest absolute Gasteiger partial charge is 0.493 e. The number of benzene rings is 2. The zero-order valence-electron chi connectivity index (χ0n) is 19.2. The van der Waals surface area contributed by atoms with Gasteiger partial charge in [-0.15, -0.1) is 0 Å². The van der Waals surface area contributed by atoms with Gasteiger partial charge in [-0.1, -0.05) is 24.3 Å². The Morgan fingerprint density at radius 1 is 0.848 bits per heavy atom. The molecule has 2 heterocycles. The molecule has 2 atom stereocenters. The lowest BCUT2D eigenvalue weighted by Crippen LogP contribution is -2.31. The number of carbonyl (C=O) groups is 1. The zero-order chi connectivity index (χ0) is 23.3. The number of methoxy groups -OCH3 is 2. The number of ether oxygens (including phenoxy) is 2. The van der Waals surface area contributed by atoms with Crippen molar-refractivity contribution < 1.29 is 14.3 Å². The van der Waals surface area contributed by atoms with Gasteiger partial charge in [-0.3, -0.25) is 19.8 Å². The molecule has 0 radical (unpaired) electrons. The number of carbonyl (C=O) groups excluding carboxylic acids is 1. The Bertz CT molecular complexity index is 1350. The van der Waals surface area contributed by atoms with E-state index >= 15 is 0 Å². The Balaban J connectivity index is 1.60. The van der Waals surface area contributed by atoms with Crippen molar-refractivity contribution in [1.82, 2.24) is 10.2 Å². The van der Waals surface area contributed by atoms with Crippen molar-refractivity contribution in [2.45, 2.75) is 38.5 Å². The Labute approximate surface area is 191 Å². The van der Waals surface area contributed by atoms with E-state index < -0.39 is 5.92 Å². The number of Topliss-reactive ketones (excluding diaryl/α,β-unsaturated/α-hetero) is 1. The van der Waals surface area contributed by atoms with Crippen LogP contribution in [-0.4, -0.2) is 30.2 Å². The molecule has 1 aromatic heterocycles. The third kappa shape index (κ3) is 3.44. The summed E-state index contributed by atoms with van der Waals surface area (Å²) in [6, 6.07) is 11.9. The van der Waals surface area contributed by atoms with E-state index in [1.165, 1.54) is 5.56 Å². The summed E-state index contributed by atoms with van der Waals surface area (Å²) in [7, 11) is 3.21. The Hall–Kier alpha value is -3.74. The fraction of sp³-hybridized carbons (Fsp3) is 0.308. The number of fused-ring (bicyclic) bond motifs is 1. The molecule has 0 bridgehead atoms. The number of aromatic nitrogens is 2. The second-order valence-corrected chi connectivity index (χ2v) is 8.80. The minimum absolute atomic E-state index is 0.00354. The van der Waals surface area contributed by atoms with Crippen LogP contribution in [0.25, 0.3) is 0 Å². The van der Waals surface area contributed by atoms with Gasteiger partial charge in [-0.25, -0.2) is 0 Å². The normalized spacial score (nSPS) is 19.6. The SMILES string of the molecule is COc1ccc([C@@H]2CC(=O)C3=C(C2)Nc2[nH][nH]c(=O)c2[C@H]3c2ccc(C)c(C)c2)cc1OC. The van der Waals surface area contributed by atoms with E-state index in [-0.39, 0.29) is 17.3 Å². The first-order valence-corrected chi connectivity index (χ1v) is 11.0. The van der Waals surface area contributed by atoms with E-state index in [0.717, 1.165) is 22.4 Å². The summed E-state index contributed by atoms with van der Waals surface area (Å²) in [5, 5.41) is 8.99. The topological polar surface area (TPSA) is 96.2 Å². The van der Waals surface area contributed by atoms with Crippen LogP contribution in [0, 0.1) is 13.8 Å². The smallest absolute Gasteiger partial charge is 0.270 e. The molecule has 0 fully saturated rings. The maximum atomic E-state index is 13.6. The molecule has 0 spiro atoms. The van der Waals surface area contributed by atoms with Crippen molar-refractivity contribution in [1.29, 1.82) is 0 Å². The van der Waals surface area contributed by atoms with Crippen molar-refractivity contribution in [2.75, 3.05) is 19.5 Å². The molecule has 7 nitrogen and oxygen atoms in total. The van der Waals surface area contributed by atoms with Crippen molar-refractivity contribution in [3.63, 3.8) is 0 Å². The number of rotatable bonds is 4. The average molecular weight is 446 g/mol. The summed E-state index contributed by atoms with van der Waals surface area (Å²) < 4.78 is 10.8. The highest BCUT2D eigenvalue weighted by molar-refractivity contribution is 6.01. The second-order valence-electron chi connectivity index (χ2n) is 8.80. The van der Waals surface area contributed by atoms with E-state index in [1.807, 2.05) is 37.3 Å². The molecule has 2 aliphatic rings. The number of anilines is 1. The second kappa shape index (κ2) is 7.99. The predicted molar refractivity (Wildman–Crippen MR) is 126 cm³/mol. The number of allylic oxidation sites excluding steroid dienone is 2. The molecule has 5 rings (SSSR count). The van der Waals surface area contributed by atoms with Gasteiger partial charge in [0.05, 0.1) is 19.8 Å². The van der Waals surface area contributed by atoms with Crippen LogP contribution in [0.5, 0.6) is 11.5 Å². The predicted octanol–water partition coefficient (Wildman–Crippen LogP) is 4.30. The van der Waals surface area contributed by atoms with E-state index in [1.54, 1.807) is 14.2 Å². The van der Waals surface area contributed by atoms with Gasteiger partial charge in [-0.2, -0.15) is 0 Å². The highest BCUT2D eigenvalue weighted by Crippen LogP contribution is 2.47. The lowest BCUT2D eigenvalue weighted by Gasteiger charge is -2.34. The number of aryl methyl sites for hydroxylation is 2. The first kappa shape index (κ1) is 21.1. The van der Waals surface area contributed by atoms with Gasteiger partial charge in [0.2, 0.25) is 0 Å². The van der Waals surface area contributed by atoms with Crippen LogP contribution in [0.15, 0.2) is 52.5 Å². The molecule has 0 saturated heterocycles. The summed E-state index contributed by atoms with van der Waals surface area (Å²) in [6.45, 7) is 4.10. The van der Waals surface area contributed by atoms with Gasteiger partial charge in [0.1, 0.15) is 5.82 Å². The lowest BCUT2D eigenvalue weighted by atomic mass is 9.72. The molecule has 0 unspecified atom stereocenters. The number of H-pyrrole nitrogens is 2. The van der Waals surface area contributed by atoms with Crippen LogP contribution >= 0.6 is 0 Å². The number of hydrogen-bond donors (Lipinski definition) is 3. The molecule has 3 aromatic rings. The van der Waals surface area contributed by atoms with Crippen molar-refractivity contribution in [3.8, 4) is 11.5 Å². The molecule has 7 heteroatoms. The molecular formula is C26H27N3O4. The fourth-order valence-corrected chi connectivity index (χ4v) is 5.04. The molecule has 1 aliphatic carbocycles. The van der Waals surface area contributed by atoms with Crippen LogP contribution in [0.4, 0.5) is 5.82 Å². The maximum Gasteiger partial charge on any atom is 0.270 e. The van der Waals surface area contributed by atoms with Crippen molar-refractivity contribution in [3.05, 3.63) is 85.8 Å². The Kier molecular flexibility index (Phi) is 5.12. The molecule has 170 valence electrons. The van der Waals surface area contributed by atoms with Gasteiger partial charge in [-0.05, 0) is 60.6 Å². The fourth-order valence-electron chi connectivity index (χ4n) is 5.04. The zero-order valence-corrected chi connectivity index (χ0v) is 19.2.